The molecule has 37 heavy (non-hydrogen) atoms. The lowest BCUT2D eigenvalue weighted by molar-refractivity contribution is -0.384. The number of halogens is 4. The van der Waals surface area contributed by atoms with E-state index in [0.29, 0.717) is 33.6 Å². The highest BCUT2D eigenvalue weighted by Gasteiger charge is 2.33. The van der Waals surface area contributed by atoms with E-state index >= 15 is 0 Å². The number of rotatable bonds is 10. The molecule has 0 saturated carbocycles. The fourth-order valence-corrected chi connectivity index (χ4v) is 3.63. The Hall–Kier alpha value is -4.13. The van der Waals surface area contributed by atoms with Crippen molar-refractivity contribution in [3.05, 3.63) is 86.4 Å². The van der Waals surface area contributed by atoms with Gasteiger partial charge in [0, 0.05) is 11.8 Å². The predicted octanol–water partition coefficient (Wildman–Crippen LogP) is 6.24. The highest BCUT2D eigenvalue weighted by molar-refractivity contribution is 9.10. The van der Waals surface area contributed by atoms with Gasteiger partial charge in [-0.2, -0.15) is 18.3 Å². The average molecular weight is 581 g/mol. The number of nitrogens with one attached hydrogen (secondary N) is 2. The van der Waals surface area contributed by atoms with E-state index in [9.17, 15) is 28.1 Å². The van der Waals surface area contributed by atoms with Crippen molar-refractivity contribution in [2.45, 2.75) is 13.1 Å². The summed E-state index contributed by atoms with van der Waals surface area (Å²) in [7, 11) is 0. The lowest BCUT2D eigenvalue weighted by Crippen LogP contribution is -2.20. The summed E-state index contributed by atoms with van der Waals surface area (Å²) in [5.74, 6) is 0.188. The number of nitro benzene ring substituents is 1. The zero-order valence-electron chi connectivity index (χ0n) is 19.2. The van der Waals surface area contributed by atoms with Gasteiger partial charge < -0.3 is 14.8 Å². The smallest absolute Gasteiger partial charge is 0.416 e. The molecular weight excluding hydrogens is 561 g/mol. The number of hydrogen-bond acceptors (Lipinski definition) is 7. The minimum absolute atomic E-state index is 0.220. The van der Waals surface area contributed by atoms with Crippen molar-refractivity contribution in [2.24, 2.45) is 5.10 Å². The standard InChI is InChI=1S/C24H20BrF3N4O5/c1-2-36-21-11-15(10-18(25)23(21)37-14-22(33)30-17-6-4-3-5-7-17)13-29-31-19-9-8-16(24(26,27)28)12-20(19)32(34)35/h3-13,31H,2,14H2,1H3,(H,30,33)/b29-13-. The van der Waals surface area contributed by atoms with Gasteiger partial charge in [-0.3, -0.25) is 20.3 Å². The van der Waals surface area contributed by atoms with Gasteiger partial charge in [-0.15, -0.1) is 0 Å². The van der Waals surface area contributed by atoms with Crippen molar-refractivity contribution in [2.75, 3.05) is 24.0 Å². The van der Waals surface area contributed by atoms with E-state index in [1.165, 1.54) is 6.21 Å². The number of hydrazone groups is 1. The first-order valence-electron chi connectivity index (χ1n) is 10.7. The van der Waals surface area contributed by atoms with Gasteiger partial charge in [-0.1, -0.05) is 18.2 Å². The van der Waals surface area contributed by atoms with Crippen molar-refractivity contribution in [1.82, 2.24) is 0 Å². The highest BCUT2D eigenvalue weighted by atomic mass is 79.9. The van der Waals surface area contributed by atoms with Gasteiger partial charge in [0.05, 0.1) is 27.8 Å². The number of para-hydroxylation sites is 1. The number of nitro groups is 1. The molecule has 9 nitrogen and oxygen atoms in total. The molecule has 1 amide bonds. The van der Waals surface area contributed by atoms with Crippen LogP contribution in [0.2, 0.25) is 0 Å². The molecule has 194 valence electrons. The highest BCUT2D eigenvalue weighted by Crippen LogP contribution is 2.37. The Labute approximate surface area is 217 Å². The molecule has 3 rings (SSSR count). The molecule has 13 heteroatoms. The third-order valence-corrected chi connectivity index (χ3v) is 5.25. The zero-order valence-corrected chi connectivity index (χ0v) is 20.8. The van der Waals surface area contributed by atoms with Crippen molar-refractivity contribution in [1.29, 1.82) is 0 Å². The third kappa shape index (κ3) is 7.67. The molecule has 3 aromatic rings. The Balaban J connectivity index is 1.74. The molecular formula is C24H20BrF3N4O5. The molecule has 0 aliphatic heterocycles. The Morgan fingerprint density at radius 2 is 1.86 bits per heavy atom. The fraction of sp³-hybridized carbons (Fsp3) is 0.167. The maximum atomic E-state index is 12.9. The van der Waals surface area contributed by atoms with Gasteiger partial charge in [-0.25, -0.2) is 0 Å². The van der Waals surface area contributed by atoms with Crippen LogP contribution in [0.25, 0.3) is 0 Å². The largest absolute Gasteiger partial charge is 0.490 e. The third-order valence-electron chi connectivity index (χ3n) is 4.66. The number of carbonyl (C=O) groups is 1. The molecule has 0 aromatic heterocycles. The van der Waals surface area contributed by atoms with Crippen LogP contribution in [0.1, 0.15) is 18.1 Å². The molecule has 0 radical (unpaired) electrons. The van der Waals surface area contributed by atoms with Crippen LogP contribution in [-0.4, -0.2) is 30.3 Å². The van der Waals surface area contributed by atoms with Crippen LogP contribution < -0.4 is 20.2 Å². The summed E-state index contributed by atoms with van der Waals surface area (Å²) in [5.41, 5.74) is 1.34. The normalized spacial score (nSPS) is 11.3. The first-order chi connectivity index (χ1) is 17.6. The molecule has 0 saturated heterocycles. The predicted molar refractivity (Wildman–Crippen MR) is 135 cm³/mol. The Bertz CT molecular complexity index is 1300. The minimum Gasteiger partial charge on any atom is -0.490 e. The van der Waals surface area contributed by atoms with Crippen molar-refractivity contribution >= 4 is 45.1 Å². The quantitative estimate of drug-likeness (QED) is 0.167. The van der Waals surface area contributed by atoms with Crippen LogP contribution in [-0.2, 0) is 11.0 Å². The van der Waals surface area contributed by atoms with Gasteiger partial charge in [-0.05, 0) is 64.8 Å². The van der Waals surface area contributed by atoms with Gasteiger partial charge in [0.1, 0.15) is 5.69 Å². The summed E-state index contributed by atoms with van der Waals surface area (Å²) >= 11 is 3.36. The molecule has 0 aliphatic rings. The molecule has 0 spiro atoms. The molecule has 2 N–H and O–H groups in total. The average Bonchev–Trinajstić information content (AvgIpc) is 2.83. The maximum absolute atomic E-state index is 12.9. The molecule has 3 aromatic carbocycles. The van der Waals surface area contributed by atoms with Crippen LogP contribution in [0.15, 0.2) is 70.2 Å². The van der Waals surface area contributed by atoms with Gasteiger partial charge in [0.15, 0.2) is 18.1 Å². The number of carbonyl (C=O) groups excluding carboxylic acids is 1. The first kappa shape index (κ1) is 27.5. The van der Waals surface area contributed by atoms with Crippen LogP contribution in [0.3, 0.4) is 0 Å². The van der Waals surface area contributed by atoms with E-state index in [1.54, 1.807) is 43.3 Å². The van der Waals surface area contributed by atoms with E-state index in [-0.39, 0.29) is 30.6 Å². The zero-order chi connectivity index (χ0) is 27.0. The molecule has 0 heterocycles. The van der Waals surface area contributed by atoms with Crippen molar-refractivity contribution < 1.29 is 32.4 Å². The maximum Gasteiger partial charge on any atom is 0.416 e. The van der Waals surface area contributed by atoms with Gasteiger partial charge >= 0.3 is 6.18 Å². The summed E-state index contributed by atoms with van der Waals surface area (Å²) in [6, 6.07) is 14.1. The number of ether oxygens (including phenoxy) is 2. The summed E-state index contributed by atoms with van der Waals surface area (Å²) in [5, 5.41) is 17.8. The SMILES string of the molecule is CCOc1cc(/C=N\Nc2ccc(C(F)(F)F)cc2[N+](=O)[O-])cc(Br)c1OCC(=O)Nc1ccccc1. The first-order valence-corrected chi connectivity index (χ1v) is 11.5. The second-order valence-corrected chi connectivity index (χ2v) is 8.18. The number of nitrogens with zero attached hydrogens (tertiary/aromatic N) is 2. The van der Waals surface area contributed by atoms with Crippen LogP contribution >= 0.6 is 15.9 Å². The van der Waals surface area contributed by atoms with Gasteiger partial charge in [0.2, 0.25) is 0 Å². The molecule has 0 unspecified atom stereocenters. The van der Waals surface area contributed by atoms with Gasteiger partial charge in [0.25, 0.3) is 11.6 Å². The van der Waals surface area contributed by atoms with E-state index in [2.05, 4.69) is 31.8 Å². The molecule has 0 bridgehead atoms. The van der Waals surface area contributed by atoms with E-state index in [0.717, 1.165) is 6.07 Å². The fourth-order valence-electron chi connectivity index (χ4n) is 3.05. The number of alkyl halides is 3. The van der Waals surface area contributed by atoms with Crippen molar-refractivity contribution in [3.63, 3.8) is 0 Å². The van der Waals surface area contributed by atoms with Crippen LogP contribution in [0.4, 0.5) is 30.2 Å². The molecule has 0 fully saturated rings. The summed E-state index contributed by atoms with van der Waals surface area (Å²) < 4.78 is 50.3. The molecule has 0 atom stereocenters. The van der Waals surface area contributed by atoms with Crippen LogP contribution in [0.5, 0.6) is 11.5 Å². The second kappa shape index (κ2) is 12.2. The topological polar surface area (TPSA) is 115 Å². The molecule has 0 aliphatic carbocycles. The Kier molecular flexibility index (Phi) is 9.06. The number of benzene rings is 3. The van der Waals surface area contributed by atoms with Crippen LogP contribution in [0, 0.1) is 10.1 Å². The van der Waals surface area contributed by atoms with E-state index < -0.39 is 22.4 Å². The Morgan fingerprint density at radius 3 is 2.51 bits per heavy atom. The lowest BCUT2D eigenvalue weighted by Gasteiger charge is -2.14. The van der Waals surface area contributed by atoms with Crippen molar-refractivity contribution in [3.8, 4) is 11.5 Å². The number of hydrogen-bond donors (Lipinski definition) is 2. The second-order valence-electron chi connectivity index (χ2n) is 7.32. The number of anilines is 2. The summed E-state index contributed by atoms with van der Waals surface area (Å²) in [6.07, 6.45) is -3.43. The summed E-state index contributed by atoms with van der Waals surface area (Å²) in [6.45, 7) is 1.75. The minimum atomic E-state index is -4.72. The Morgan fingerprint density at radius 1 is 1.14 bits per heavy atom. The van der Waals surface area contributed by atoms with E-state index in [4.69, 9.17) is 9.47 Å². The monoisotopic (exact) mass is 580 g/mol. The lowest BCUT2D eigenvalue weighted by atomic mass is 10.1. The summed E-state index contributed by atoms with van der Waals surface area (Å²) in [4.78, 5) is 22.5. The number of amides is 1. The van der Waals surface area contributed by atoms with E-state index in [1.807, 2.05) is 6.07 Å².